The second-order valence-corrected chi connectivity index (χ2v) is 7.27. The topological polar surface area (TPSA) is 120 Å². The summed E-state index contributed by atoms with van der Waals surface area (Å²) in [5.74, 6) is 0.926. The monoisotopic (exact) mass is 416 g/mol. The first kappa shape index (κ1) is 20.6. The summed E-state index contributed by atoms with van der Waals surface area (Å²) in [7, 11) is 0. The number of carbonyl (C=O) groups is 2. The van der Waals surface area contributed by atoms with E-state index in [4.69, 9.17) is 13.8 Å². The van der Waals surface area contributed by atoms with Crippen LogP contribution >= 0.6 is 11.8 Å². The third-order valence-electron chi connectivity index (χ3n) is 4.06. The largest absolute Gasteiger partial charge is 0.449 e. The first-order valence-corrected chi connectivity index (χ1v) is 9.78. The van der Waals surface area contributed by atoms with Crippen LogP contribution in [0.3, 0.4) is 0 Å². The normalized spacial score (nSPS) is 11.9. The van der Waals surface area contributed by atoms with Crippen molar-refractivity contribution < 1.29 is 23.4 Å². The van der Waals surface area contributed by atoms with Gasteiger partial charge >= 0.3 is 5.97 Å². The molecule has 29 heavy (non-hydrogen) atoms. The van der Waals surface area contributed by atoms with Gasteiger partial charge in [0.1, 0.15) is 16.5 Å². The Bertz CT molecular complexity index is 1010. The summed E-state index contributed by atoms with van der Waals surface area (Å²) in [5.41, 5.74) is 2.03. The molecule has 1 amide bonds. The fourth-order valence-corrected chi connectivity index (χ4v) is 3.58. The van der Waals surface area contributed by atoms with E-state index in [9.17, 15) is 9.59 Å². The van der Waals surface area contributed by atoms with Crippen molar-refractivity contribution in [1.82, 2.24) is 15.3 Å². The molecule has 1 atom stereocenters. The SMILES string of the molecule is Cc1cc(NC(=O)[C@H](C)OC(=O)c2cccnc2SCc2c(C)noc2C)no1. The molecule has 0 fully saturated rings. The van der Waals surface area contributed by atoms with Gasteiger partial charge in [0.05, 0.1) is 11.3 Å². The zero-order valence-electron chi connectivity index (χ0n) is 16.4. The molecule has 0 aliphatic heterocycles. The lowest BCUT2D eigenvalue weighted by Gasteiger charge is -2.13. The van der Waals surface area contributed by atoms with E-state index < -0.39 is 18.0 Å². The van der Waals surface area contributed by atoms with Crippen molar-refractivity contribution in [2.75, 3.05) is 5.32 Å². The van der Waals surface area contributed by atoms with Crippen molar-refractivity contribution in [3.63, 3.8) is 0 Å². The van der Waals surface area contributed by atoms with Crippen LogP contribution in [-0.2, 0) is 15.3 Å². The van der Waals surface area contributed by atoms with E-state index in [1.54, 1.807) is 31.3 Å². The van der Waals surface area contributed by atoms with E-state index in [2.05, 4.69) is 20.6 Å². The molecule has 0 unspecified atom stereocenters. The Kier molecular flexibility index (Phi) is 6.32. The molecule has 152 valence electrons. The van der Waals surface area contributed by atoms with Crippen LogP contribution in [0.1, 0.15) is 40.1 Å². The predicted octanol–water partition coefficient (Wildman–Crippen LogP) is 3.46. The number of hydrogen-bond donors (Lipinski definition) is 1. The number of aryl methyl sites for hydroxylation is 3. The number of pyridine rings is 1. The van der Waals surface area contributed by atoms with E-state index in [1.807, 2.05) is 13.8 Å². The number of hydrogen-bond acceptors (Lipinski definition) is 9. The zero-order chi connectivity index (χ0) is 21.0. The first-order chi connectivity index (χ1) is 13.8. The van der Waals surface area contributed by atoms with Crippen LogP contribution in [0, 0.1) is 20.8 Å². The number of aromatic nitrogens is 3. The maximum Gasteiger partial charge on any atom is 0.341 e. The molecule has 0 spiro atoms. The number of nitrogens with one attached hydrogen (secondary N) is 1. The molecule has 1 N–H and O–H groups in total. The second-order valence-electron chi connectivity index (χ2n) is 6.31. The minimum absolute atomic E-state index is 0.257. The summed E-state index contributed by atoms with van der Waals surface area (Å²) in [4.78, 5) is 29.1. The third kappa shape index (κ3) is 5.02. The minimum atomic E-state index is -1.03. The maximum atomic E-state index is 12.6. The highest BCUT2D eigenvalue weighted by Gasteiger charge is 2.23. The lowest BCUT2D eigenvalue weighted by molar-refractivity contribution is -0.123. The molecule has 0 bridgehead atoms. The number of nitrogens with zero attached hydrogens (tertiary/aromatic N) is 3. The van der Waals surface area contributed by atoms with E-state index in [0.717, 1.165) is 17.0 Å². The van der Waals surface area contributed by atoms with E-state index in [1.165, 1.54) is 18.7 Å². The van der Waals surface area contributed by atoms with Gasteiger partial charge in [-0.15, -0.1) is 11.8 Å². The molecular formula is C19H20N4O5S. The van der Waals surface area contributed by atoms with Crippen LogP contribution < -0.4 is 5.32 Å². The van der Waals surface area contributed by atoms with Gasteiger partial charge in [0, 0.05) is 23.6 Å². The van der Waals surface area contributed by atoms with Crippen molar-refractivity contribution in [3.8, 4) is 0 Å². The summed E-state index contributed by atoms with van der Waals surface area (Å²) >= 11 is 1.37. The first-order valence-electron chi connectivity index (χ1n) is 8.80. The lowest BCUT2D eigenvalue weighted by Crippen LogP contribution is -2.30. The average molecular weight is 416 g/mol. The summed E-state index contributed by atoms with van der Waals surface area (Å²) in [5, 5.41) is 10.6. The molecule has 0 saturated carbocycles. The zero-order valence-corrected chi connectivity index (χ0v) is 17.2. The summed E-state index contributed by atoms with van der Waals surface area (Å²) in [6.07, 6.45) is 0.565. The summed E-state index contributed by atoms with van der Waals surface area (Å²) in [6, 6.07) is 4.81. The van der Waals surface area contributed by atoms with Gasteiger partial charge in [-0.1, -0.05) is 10.3 Å². The number of thioether (sulfide) groups is 1. The smallest absolute Gasteiger partial charge is 0.341 e. The van der Waals surface area contributed by atoms with Gasteiger partial charge in [0.2, 0.25) is 0 Å². The number of anilines is 1. The quantitative estimate of drug-likeness (QED) is 0.456. The van der Waals surface area contributed by atoms with Gasteiger partial charge < -0.3 is 19.1 Å². The van der Waals surface area contributed by atoms with Crippen molar-refractivity contribution in [2.45, 2.75) is 44.6 Å². The summed E-state index contributed by atoms with van der Waals surface area (Å²) < 4.78 is 15.4. The van der Waals surface area contributed by atoms with Crippen molar-refractivity contribution >= 4 is 29.5 Å². The molecule has 3 aromatic heterocycles. The van der Waals surface area contributed by atoms with E-state index in [-0.39, 0.29) is 11.4 Å². The van der Waals surface area contributed by atoms with Gasteiger partial charge in [-0.05, 0) is 39.8 Å². The summed E-state index contributed by atoms with van der Waals surface area (Å²) in [6.45, 7) is 6.88. The van der Waals surface area contributed by atoms with E-state index in [0.29, 0.717) is 16.5 Å². The van der Waals surface area contributed by atoms with Crippen molar-refractivity contribution in [3.05, 3.63) is 52.7 Å². The third-order valence-corrected chi connectivity index (χ3v) is 5.09. The van der Waals surface area contributed by atoms with Gasteiger partial charge in [-0.3, -0.25) is 4.79 Å². The molecule has 0 radical (unpaired) electrons. The number of ether oxygens (including phenoxy) is 1. The predicted molar refractivity (Wildman–Crippen MR) is 105 cm³/mol. The highest BCUT2D eigenvalue weighted by molar-refractivity contribution is 7.98. The number of amides is 1. The van der Waals surface area contributed by atoms with Crippen LogP contribution in [0.2, 0.25) is 0 Å². The van der Waals surface area contributed by atoms with Gasteiger partial charge in [-0.2, -0.15) is 0 Å². The Hall–Kier alpha value is -3.14. The molecule has 9 nitrogen and oxygen atoms in total. The lowest BCUT2D eigenvalue weighted by atomic mass is 10.2. The Balaban J connectivity index is 1.65. The molecule has 0 saturated heterocycles. The highest BCUT2D eigenvalue weighted by Crippen LogP contribution is 2.27. The molecule has 3 rings (SSSR count). The number of carbonyl (C=O) groups excluding carboxylic acids is 2. The number of esters is 1. The molecule has 0 aliphatic carbocycles. The molecule has 0 aliphatic rings. The Morgan fingerprint density at radius 1 is 1.24 bits per heavy atom. The molecular weight excluding hydrogens is 396 g/mol. The molecule has 3 aromatic rings. The maximum absolute atomic E-state index is 12.6. The van der Waals surface area contributed by atoms with Crippen LogP contribution in [0.25, 0.3) is 0 Å². The molecule has 3 heterocycles. The Labute approximate surface area is 171 Å². The minimum Gasteiger partial charge on any atom is -0.449 e. The van der Waals surface area contributed by atoms with Crippen LogP contribution in [0.15, 0.2) is 38.5 Å². The van der Waals surface area contributed by atoms with Gasteiger partial charge in [0.25, 0.3) is 5.91 Å². The number of rotatable bonds is 7. The second kappa shape index (κ2) is 8.91. The van der Waals surface area contributed by atoms with Crippen molar-refractivity contribution in [1.29, 1.82) is 0 Å². The van der Waals surface area contributed by atoms with Gasteiger partial charge in [-0.25, -0.2) is 9.78 Å². The fraction of sp³-hybridized carbons (Fsp3) is 0.316. The van der Waals surface area contributed by atoms with Crippen LogP contribution in [-0.4, -0.2) is 33.3 Å². The standard InChI is InChI=1S/C19H20N4O5S/c1-10-8-16(23-27-10)21-17(24)13(4)26-19(25)14-6-5-7-20-18(14)29-9-15-11(2)22-28-12(15)3/h5-8,13H,9H2,1-4H3,(H,21,23,24)/t13-/m0/s1. The molecule has 0 aromatic carbocycles. The highest BCUT2D eigenvalue weighted by atomic mass is 32.2. The Morgan fingerprint density at radius 2 is 2.03 bits per heavy atom. The van der Waals surface area contributed by atoms with Crippen LogP contribution in [0.5, 0.6) is 0 Å². The van der Waals surface area contributed by atoms with Gasteiger partial charge in [0.15, 0.2) is 11.9 Å². The Morgan fingerprint density at radius 3 is 2.69 bits per heavy atom. The fourth-order valence-electron chi connectivity index (χ4n) is 2.44. The van der Waals surface area contributed by atoms with Crippen molar-refractivity contribution in [2.24, 2.45) is 0 Å². The van der Waals surface area contributed by atoms with E-state index >= 15 is 0 Å². The average Bonchev–Trinajstić information content (AvgIpc) is 3.25. The molecule has 10 heteroatoms. The van der Waals surface area contributed by atoms with Crippen LogP contribution in [0.4, 0.5) is 5.82 Å².